The Morgan fingerprint density at radius 2 is 1.90 bits per heavy atom. The van der Waals surface area contributed by atoms with Gasteiger partial charge in [-0.15, -0.1) is 0 Å². The van der Waals surface area contributed by atoms with E-state index in [2.05, 4.69) is 15.0 Å². The molecular formula is C12H12FN5O3. The third kappa shape index (κ3) is 3.53. The fraction of sp³-hybridized carbons (Fsp3) is 0.167. The lowest BCUT2D eigenvalue weighted by atomic mass is 10.2. The molecule has 0 bridgehead atoms. The molecule has 1 aromatic heterocycles. The Kier molecular flexibility index (Phi) is 4.12. The summed E-state index contributed by atoms with van der Waals surface area (Å²) >= 11 is 0. The summed E-state index contributed by atoms with van der Waals surface area (Å²) in [6.45, 7) is -0.261. The summed E-state index contributed by atoms with van der Waals surface area (Å²) in [6.07, 6.45) is 0. The van der Waals surface area contributed by atoms with Crippen molar-refractivity contribution in [3.63, 3.8) is 0 Å². The van der Waals surface area contributed by atoms with Crippen LogP contribution < -0.4 is 16.2 Å². The molecule has 0 atom stereocenters. The molecular weight excluding hydrogens is 281 g/mol. The molecule has 0 saturated carbocycles. The minimum atomic E-state index is -0.742. The van der Waals surface area contributed by atoms with Crippen LogP contribution in [0, 0.1) is 5.82 Å². The first-order valence-corrected chi connectivity index (χ1v) is 5.76. The molecule has 0 spiro atoms. The monoisotopic (exact) mass is 293 g/mol. The molecule has 9 heteroatoms. The summed E-state index contributed by atoms with van der Waals surface area (Å²) in [5.74, 6) is -1.44. The number of anilines is 2. The van der Waals surface area contributed by atoms with E-state index in [9.17, 15) is 9.18 Å². The number of halogens is 1. The predicted molar refractivity (Wildman–Crippen MR) is 70.7 cm³/mol. The van der Waals surface area contributed by atoms with Crippen LogP contribution in [0.3, 0.4) is 0 Å². The number of carbonyl (C=O) groups is 1. The minimum absolute atomic E-state index is 0.0308. The van der Waals surface area contributed by atoms with Crippen LogP contribution in [0.2, 0.25) is 0 Å². The number of hydrogen-bond donors (Lipinski definition) is 2. The summed E-state index contributed by atoms with van der Waals surface area (Å²) in [5, 5.41) is 0. The second-order valence-electron chi connectivity index (χ2n) is 3.89. The van der Waals surface area contributed by atoms with Gasteiger partial charge in [-0.2, -0.15) is 15.0 Å². The van der Waals surface area contributed by atoms with Crippen molar-refractivity contribution in [2.45, 2.75) is 6.61 Å². The maximum Gasteiger partial charge on any atom is 0.338 e. The smallest absolute Gasteiger partial charge is 0.338 e. The quantitative estimate of drug-likeness (QED) is 0.782. The van der Waals surface area contributed by atoms with Crippen LogP contribution in [0.15, 0.2) is 18.2 Å². The van der Waals surface area contributed by atoms with Gasteiger partial charge in [0.2, 0.25) is 11.9 Å². The zero-order valence-electron chi connectivity index (χ0n) is 11.0. The highest BCUT2D eigenvalue weighted by atomic mass is 19.1. The molecule has 4 N–H and O–H groups in total. The van der Waals surface area contributed by atoms with Crippen LogP contribution in [-0.2, 0) is 11.3 Å². The van der Waals surface area contributed by atoms with E-state index in [4.69, 9.17) is 20.9 Å². The Labute approximate surface area is 118 Å². The van der Waals surface area contributed by atoms with E-state index in [0.717, 1.165) is 6.07 Å². The van der Waals surface area contributed by atoms with Crippen molar-refractivity contribution < 1.29 is 18.7 Å². The number of nitrogens with two attached hydrogens (primary N) is 2. The molecule has 2 rings (SSSR count). The zero-order chi connectivity index (χ0) is 15.4. The Balaban J connectivity index is 2.06. The predicted octanol–water partition coefficient (Wildman–Crippen LogP) is 0.541. The molecule has 2 aromatic rings. The van der Waals surface area contributed by atoms with E-state index in [1.165, 1.54) is 19.2 Å². The maximum atomic E-state index is 13.5. The Morgan fingerprint density at radius 1 is 1.24 bits per heavy atom. The number of carbonyl (C=O) groups excluding carboxylic acids is 1. The van der Waals surface area contributed by atoms with Crippen molar-refractivity contribution in [3.05, 3.63) is 35.4 Å². The van der Waals surface area contributed by atoms with Gasteiger partial charge in [0.15, 0.2) is 24.0 Å². The zero-order valence-corrected chi connectivity index (χ0v) is 11.0. The first-order valence-electron chi connectivity index (χ1n) is 5.76. The minimum Gasteiger partial charge on any atom is -0.494 e. The molecule has 0 aliphatic carbocycles. The molecule has 0 amide bonds. The number of rotatable bonds is 4. The molecule has 0 radical (unpaired) electrons. The van der Waals surface area contributed by atoms with Crippen molar-refractivity contribution in [2.75, 3.05) is 18.6 Å². The van der Waals surface area contributed by atoms with Gasteiger partial charge in [-0.1, -0.05) is 0 Å². The molecule has 0 unspecified atom stereocenters. The molecule has 1 aromatic carbocycles. The van der Waals surface area contributed by atoms with E-state index in [1.807, 2.05) is 0 Å². The molecule has 0 saturated heterocycles. The normalized spacial score (nSPS) is 10.2. The first-order chi connectivity index (χ1) is 9.99. The van der Waals surface area contributed by atoms with Crippen molar-refractivity contribution in [2.24, 2.45) is 0 Å². The van der Waals surface area contributed by atoms with E-state index in [0.29, 0.717) is 0 Å². The average Bonchev–Trinajstić information content (AvgIpc) is 2.43. The van der Waals surface area contributed by atoms with Crippen LogP contribution in [-0.4, -0.2) is 28.0 Å². The fourth-order valence-electron chi connectivity index (χ4n) is 1.53. The van der Waals surface area contributed by atoms with Crippen LogP contribution >= 0.6 is 0 Å². The summed E-state index contributed by atoms with van der Waals surface area (Å²) in [4.78, 5) is 22.9. The Hall–Kier alpha value is -2.97. The Morgan fingerprint density at radius 3 is 2.48 bits per heavy atom. The van der Waals surface area contributed by atoms with Crippen LogP contribution in [0.4, 0.5) is 16.3 Å². The summed E-state index contributed by atoms with van der Waals surface area (Å²) in [5.41, 5.74) is 10.8. The number of ether oxygens (including phenoxy) is 2. The van der Waals surface area contributed by atoms with E-state index in [-0.39, 0.29) is 35.6 Å². The molecule has 0 aliphatic rings. The number of hydrogen-bond acceptors (Lipinski definition) is 8. The molecule has 0 fully saturated rings. The molecule has 110 valence electrons. The average molecular weight is 293 g/mol. The topological polar surface area (TPSA) is 126 Å². The highest BCUT2D eigenvalue weighted by molar-refractivity contribution is 5.89. The van der Waals surface area contributed by atoms with Gasteiger partial charge in [0.1, 0.15) is 0 Å². The second-order valence-corrected chi connectivity index (χ2v) is 3.89. The van der Waals surface area contributed by atoms with Gasteiger partial charge < -0.3 is 20.9 Å². The van der Waals surface area contributed by atoms with Crippen molar-refractivity contribution >= 4 is 17.9 Å². The number of aromatic nitrogens is 3. The molecule has 0 aliphatic heterocycles. The van der Waals surface area contributed by atoms with Crippen molar-refractivity contribution in [1.29, 1.82) is 0 Å². The van der Waals surface area contributed by atoms with Crippen molar-refractivity contribution in [1.82, 2.24) is 15.0 Å². The largest absolute Gasteiger partial charge is 0.494 e. The van der Waals surface area contributed by atoms with Crippen LogP contribution in [0.25, 0.3) is 0 Å². The number of nitrogens with zero attached hydrogens (tertiary/aromatic N) is 3. The lowest BCUT2D eigenvalue weighted by Gasteiger charge is -2.06. The third-order valence-corrected chi connectivity index (χ3v) is 2.44. The van der Waals surface area contributed by atoms with E-state index < -0.39 is 11.8 Å². The van der Waals surface area contributed by atoms with Gasteiger partial charge in [-0.25, -0.2) is 9.18 Å². The number of benzene rings is 1. The summed E-state index contributed by atoms with van der Waals surface area (Å²) in [7, 11) is 1.33. The molecule has 1 heterocycles. The van der Waals surface area contributed by atoms with E-state index >= 15 is 0 Å². The third-order valence-electron chi connectivity index (χ3n) is 2.44. The van der Waals surface area contributed by atoms with Gasteiger partial charge in [-0.3, -0.25) is 0 Å². The highest BCUT2D eigenvalue weighted by Gasteiger charge is 2.12. The lowest BCUT2D eigenvalue weighted by Crippen LogP contribution is -2.11. The molecule has 8 nitrogen and oxygen atoms in total. The Bertz CT molecular complexity index is 660. The summed E-state index contributed by atoms with van der Waals surface area (Å²) in [6, 6.07) is 3.71. The van der Waals surface area contributed by atoms with Gasteiger partial charge in [-0.05, 0) is 18.2 Å². The van der Waals surface area contributed by atoms with Gasteiger partial charge >= 0.3 is 5.97 Å². The SMILES string of the molecule is COc1ccc(C(=O)OCc2nc(N)nc(N)n2)cc1F. The van der Waals surface area contributed by atoms with Gasteiger partial charge in [0.25, 0.3) is 0 Å². The second kappa shape index (κ2) is 5.99. The van der Waals surface area contributed by atoms with Crippen LogP contribution in [0.1, 0.15) is 16.2 Å². The van der Waals surface area contributed by atoms with Gasteiger partial charge in [0.05, 0.1) is 12.7 Å². The number of esters is 1. The van der Waals surface area contributed by atoms with Crippen LogP contribution in [0.5, 0.6) is 5.75 Å². The number of methoxy groups -OCH3 is 1. The fourth-order valence-corrected chi connectivity index (χ4v) is 1.53. The molecule has 21 heavy (non-hydrogen) atoms. The van der Waals surface area contributed by atoms with Crippen molar-refractivity contribution in [3.8, 4) is 5.75 Å². The summed E-state index contributed by atoms with van der Waals surface area (Å²) < 4.78 is 23.2. The number of nitrogen functional groups attached to an aromatic ring is 2. The maximum absolute atomic E-state index is 13.5. The van der Waals surface area contributed by atoms with E-state index in [1.54, 1.807) is 0 Å². The first kappa shape index (κ1) is 14.4. The lowest BCUT2D eigenvalue weighted by molar-refractivity contribution is 0.0461. The highest BCUT2D eigenvalue weighted by Crippen LogP contribution is 2.18. The van der Waals surface area contributed by atoms with Gasteiger partial charge in [0, 0.05) is 0 Å². The standard InChI is InChI=1S/C12H12FN5O3/c1-20-8-3-2-6(4-7(8)13)10(19)21-5-9-16-11(14)18-12(15)17-9/h2-4H,5H2,1H3,(H4,14,15,16,17,18).